The predicted octanol–water partition coefficient (Wildman–Crippen LogP) is 3.65. The Balaban J connectivity index is 2.60. The first-order chi connectivity index (χ1) is 9.49. The van der Waals surface area contributed by atoms with Crippen molar-refractivity contribution in [2.75, 3.05) is 0 Å². The molecule has 0 saturated carbocycles. The molecule has 1 heteroatoms. The Hall–Kier alpha value is -2.28. The smallest absolute Gasteiger partial charge is 0.0389 e. The Morgan fingerprint density at radius 1 is 1.15 bits per heavy atom. The lowest BCUT2D eigenvalue weighted by Crippen LogP contribution is -2.22. The number of aromatic nitrogens is 1. The minimum Gasteiger partial charge on any atom is -0.359 e. The first-order valence-corrected chi connectivity index (χ1v) is 6.77. The largest absolute Gasteiger partial charge is 0.359 e. The van der Waals surface area contributed by atoms with E-state index in [4.69, 9.17) is 0 Å². The summed E-state index contributed by atoms with van der Waals surface area (Å²) in [4.78, 5) is 3.31. The molecule has 1 aromatic carbocycles. The Kier molecular flexibility index (Phi) is 4.09. The molecule has 0 aliphatic carbocycles. The van der Waals surface area contributed by atoms with Crippen molar-refractivity contribution < 1.29 is 0 Å². The van der Waals surface area contributed by atoms with Crippen LogP contribution < -0.4 is 10.6 Å². The summed E-state index contributed by atoms with van der Waals surface area (Å²) in [5.74, 6) is 0. The van der Waals surface area contributed by atoms with Crippen LogP contribution in [-0.4, -0.2) is 4.98 Å². The zero-order valence-corrected chi connectivity index (χ0v) is 12.5. The Bertz CT molecular complexity index is 758. The maximum absolute atomic E-state index is 4.08. The zero-order valence-electron chi connectivity index (χ0n) is 12.5. The van der Waals surface area contributed by atoms with Gasteiger partial charge in [-0.2, -0.15) is 0 Å². The van der Waals surface area contributed by atoms with Crippen LogP contribution in [0.2, 0.25) is 0 Å². The third-order valence-corrected chi connectivity index (χ3v) is 3.34. The van der Waals surface area contributed by atoms with Crippen molar-refractivity contribution in [3.8, 4) is 0 Å². The van der Waals surface area contributed by atoms with Gasteiger partial charge in [0.15, 0.2) is 0 Å². The molecule has 0 saturated heterocycles. The molecule has 0 unspecified atom stereocenters. The number of H-pyrrole nitrogens is 1. The Labute approximate surface area is 120 Å². The van der Waals surface area contributed by atoms with Crippen LogP contribution >= 0.6 is 0 Å². The number of hydrogen-bond acceptors (Lipinski definition) is 0. The van der Waals surface area contributed by atoms with E-state index in [0.717, 1.165) is 21.8 Å². The molecule has 2 aromatic rings. The van der Waals surface area contributed by atoms with E-state index in [-0.39, 0.29) is 0 Å². The SMILES string of the molecule is C=C(C)/C=c1/c(/C=C(\C)c2ccccc2)c(C)[nH]c1=C. The summed E-state index contributed by atoms with van der Waals surface area (Å²) in [5.41, 5.74) is 5.84. The van der Waals surface area contributed by atoms with Crippen LogP contribution in [0.1, 0.15) is 30.7 Å². The molecule has 0 spiro atoms. The number of hydrogen-bond donors (Lipinski definition) is 1. The van der Waals surface area contributed by atoms with Gasteiger partial charge in [-0.15, -0.1) is 0 Å². The fourth-order valence-electron chi connectivity index (χ4n) is 2.32. The van der Waals surface area contributed by atoms with Crippen molar-refractivity contribution in [1.29, 1.82) is 0 Å². The van der Waals surface area contributed by atoms with Gasteiger partial charge in [-0.3, -0.25) is 0 Å². The molecule has 20 heavy (non-hydrogen) atoms. The van der Waals surface area contributed by atoms with Gasteiger partial charge in [-0.05, 0) is 44.1 Å². The molecule has 1 aromatic heterocycles. The van der Waals surface area contributed by atoms with Gasteiger partial charge < -0.3 is 4.98 Å². The monoisotopic (exact) mass is 263 g/mol. The summed E-state index contributed by atoms with van der Waals surface area (Å²) in [5, 5.41) is 2.07. The van der Waals surface area contributed by atoms with Crippen molar-refractivity contribution in [3.05, 3.63) is 69.9 Å². The number of aryl methyl sites for hydroxylation is 1. The second kappa shape index (κ2) is 5.79. The minimum atomic E-state index is 0.942. The molecule has 2 rings (SSSR count). The van der Waals surface area contributed by atoms with Crippen LogP contribution in [-0.2, 0) is 0 Å². The molecule has 0 radical (unpaired) electrons. The van der Waals surface area contributed by atoms with E-state index >= 15 is 0 Å². The summed E-state index contributed by atoms with van der Waals surface area (Å²) >= 11 is 0. The minimum absolute atomic E-state index is 0.942. The van der Waals surface area contributed by atoms with Gasteiger partial charge in [0.25, 0.3) is 0 Å². The normalized spacial score (nSPS) is 12.8. The van der Waals surface area contributed by atoms with Crippen molar-refractivity contribution in [2.24, 2.45) is 0 Å². The van der Waals surface area contributed by atoms with Crippen molar-refractivity contribution in [2.45, 2.75) is 20.8 Å². The maximum atomic E-state index is 4.08. The van der Waals surface area contributed by atoms with Crippen LogP contribution in [0.3, 0.4) is 0 Å². The predicted molar refractivity (Wildman–Crippen MR) is 89.6 cm³/mol. The van der Waals surface area contributed by atoms with E-state index in [1.165, 1.54) is 16.7 Å². The summed E-state index contributed by atoms with van der Waals surface area (Å²) < 4.78 is 0. The highest BCUT2D eigenvalue weighted by Crippen LogP contribution is 2.16. The van der Waals surface area contributed by atoms with Crippen LogP contribution in [0.15, 0.2) is 42.5 Å². The van der Waals surface area contributed by atoms with E-state index in [0.29, 0.717) is 0 Å². The van der Waals surface area contributed by atoms with Gasteiger partial charge >= 0.3 is 0 Å². The zero-order chi connectivity index (χ0) is 14.7. The Morgan fingerprint density at radius 3 is 2.40 bits per heavy atom. The van der Waals surface area contributed by atoms with Crippen molar-refractivity contribution in [1.82, 2.24) is 4.98 Å². The molecule has 0 amide bonds. The van der Waals surface area contributed by atoms with Crippen LogP contribution in [0.5, 0.6) is 0 Å². The quantitative estimate of drug-likeness (QED) is 0.870. The molecule has 102 valence electrons. The van der Waals surface area contributed by atoms with Crippen molar-refractivity contribution >= 4 is 24.3 Å². The second-order valence-corrected chi connectivity index (χ2v) is 5.24. The van der Waals surface area contributed by atoms with E-state index in [2.05, 4.69) is 68.4 Å². The van der Waals surface area contributed by atoms with Gasteiger partial charge in [0.2, 0.25) is 0 Å². The van der Waals surface area contributed by atoms with Gasteiger partial charge in [-0.1, -0.05) is 49.1 Å². The molecule has 1 nitrogen and oxygen atoms in total. The first-order valence-electron chi connectivity index (χ1n) is 6.77. The summed E-state index contributed by atoms with van der Waals surface area (Å²) in [6, 6.07) is 10.4. The van der Waals surface area contributed by atoms with E-state index in [1.807, 2.05) is 13.0 Å². The molecule has 1 heterocycles. The topological polar surface area (TPSA) is 15.8 Å². The highest BCUT2D eigenvalue weighted by atomic mass is 14.7. The van der Waals surface area contributed by atoms with E-state index < -0.39 is 0 Å². The third kappa shape index (κ3) is 3.00. The average Bonchev–Trinajstić information content (AvgIpc) is 2.66. The summed E-state index contributed by atoms with van der Waals surface area (Å²) in [6.45, 7) is 14.3. The number of allylic oxidation sites excluding steroid dienone is 2. The Morgan fingerprint density at radius 2 is 1.80 bits per heavy atom. The highest BCUT2D eigenvalue weighted by Gasteiger charge is 2.03. The molecule has 0 aliphatic rings. The fraction of sp³-hybridized carbons (Fsp3) is 0.158. The van der Waals surface area contributed by atoms with Gasteiger partial charge in [0.1, 0.15) is 0 Å². The van der Waals surface area contributed by atoms with Crippen LogP contribution in [0, 0.1) is 6.92 Å². The standard InChI is InChI=1S/C19H21N/c1-13(2)11-18-15(4)20-16(5)19(18)12-14(3)17-9-7-6-8-10-17/h6-12,20H,1,4H2,2-3,5H3/b14-12+,18-11+. The third-order valence-electron chi connectivity index (χ3n) is 3.34. The molecule has 0 aliphatic heterocycles. The lowest BCUT2D eigenvalue weighted by atomic mass is 10.0. The first kappa shape index (κ1) is 14.1. The summed E-state index contributed by atoms with van der Waals surface area (Å²) in [7, 11) is 0. The van der Waals surface area contributed by atoms with E-state index in [9.17, 15) is 0 Å². The molecule has 0 bridgehead atoms. The van der Waals surface area contributed by atoms with Gasteiger partial charge in [0, 0.05) is 21.8 Å². The molecule has 0 atom stereocenters. The second-order valence-electron chi connectivity index (χ2n) is 5.24. The van der Waals surface area contributed by atoms with Gasteiger partial charge in [0.05, 0.1) is 0 Å². The molecular formula is C19H21N. The number of rotatable bonds is 3. The molecule has 0 fully saturated rings. The average molecular weight is 263 g/mol. The van der Waals surface area contributed by atoms with E-state index in [1.54, 1.807) is 0 Å². The maximum Gasteiger partial charge on any atom is 0.0389 e. The highest BCUT2D eigenvalue weighted by molar-refractivity contribution is 5.81. The van der Waals surface area contributed by atoms with Gasteiger partial charge in [-0.25, -0.2) is 0 Å². The number of aromatic amines is 1. The molecular weight excluding hydrogens is 242 g/mol. The number of nitrogens with one attached hydrogen (secondary N) is 1. The fourth-order valence-corrected chi connectivity index (χ4v) is 2.32. The molecule has 1 N–H and O–H groups in total. The summed E-state index contributed by atoms with van der Waals surface area (Å²) in [6.07, 6.45) is 4.29. The van der Waals surface area contributed by atoms with Crippen LogP contribution in [0.4, 0.5) is 0 Å². The van der Waals surface area contributed by atoms with Crippen molar-refractivity contribution in [3.63, 3.8) is 0 Å². The lowest BCUT2D eigenvalue weighted by Gasteiger charge is -2.01. The number of benzene rings is 1. The lowest BCUT2D eigenvalue weighted by molar-refractivity contribution is 1.22. The van der Waals surface area contributed by atoms with Crippen LogP contribution in [0.25, 0.3) is 24.3 Å².